The van der Waals surface area contributed by atoms with E-state index in [0.29, 0.717) is 60.8 Å². The van der Waals surface area contributed by atoms with Gasteiger partial charge >= 0.3 is 0 Å². The summed E-state index contributed by atoms with van der Waals surface area (Å²) in [7, 11) is 0. The molecular weight excluding hydrogens is 618 g/mol. The number of aromatic nitrogens is 6. The first-order valence-electron chi connectivity index (χ1n) is 16.3. The second-order valence-corrected chi connectivity index (χ2v) is 12.7. The zero-order chi connectivity index (χ0) is 33.0. The third-order valence-electron chi connectivity index (χ3n) is 9.01. The maximum absolute atomic E-state index is 13.2. The molecule has 12 nitrogen and oxygen atoms in total. The van der Waals surface area contributed by atoms with Crippen molar-refractivity contribution in [1.29, 1.82) is 0 Å². The van der Waals surface area contributed by atoms with Crippen molar-refractivity contribution < 1.29 is 18.4 Å². The Morgan fingerprint density at radius 3 is 1.50 bits per heavy atom. The molecule has 7 rings (SSSR count). The van der Waals surface area contributed by atoms with Crippen LogP contribution in [0.1, 0.15) is 60.3 Å². The number of anilines is 4. The molecule has 0 aromatic carbocycles. The van der Waals surface area contributed by atoms with E-state index in [2.05, 4.69) is 41.0 Å². The second kappa shape index (κ2) is 13.9. The third kappa shape index (κ3) is 7.53. The Morgan fingerprint density at radius 2 is 1.10 bits per heavy atom. The fraction of sp³-hybridized carbons (Fsp3) is 0.412. The average molecular weight is 655 g/mol. The molecule has 0 bridgehead atoms. The highest BCUT2D eigenvalue weighted by Crippen LogP contribution is 2.40. The second-order valence-electron chi connectivity index (χ2n) is 12.7. The van der Waals surface area contributed by atoms with Gasteiger partial charge in [0, 0.05) is 11.8 Å². The number of hydrogen-bond donors (Lipinski definition) is 2. The van der Waals surface area contributed by atoms with Crippen LogP contribution in [-0.4, -0.2) is 80.7 Å². The fourth-order valence-electron chi connectivity index (χ4n) is 6.39. The van der Waals surface area contributed by atoms with E-state index in [1.165, 1.54) is 0 Å². The van der Waals surface area contributed by atoms with Crippen molar-refractivity contribution in [3.63, 3.8) is 0 Å². The smallest absolute Gasteiger partial charge is 0.231 e. The third-order valence-corrected chi connectivity index (χ3v) is 9.01. The molecule has 248 valence electrons. The first-order chi connectivity index (χ1) is 23.3. The number of carbonyl (C=O) groups excluding carboxylic acids is 2. The van der Waals surface area contributed by atoms with Crippen LogP contribution in [0.4, 0.5) is 32.1 Å². The van der Waals surface area contributed by atoms with Crippen molar-refractivity contribution in [1.82, 2.24) is 30.4 Å². The maximum atomic E-state index is 13.2. The lowest BCUT2D eigenvalue weighted by Gasteiger charge is -2.35. The monoisotopic (exact) mass is 654 g/mol. The van der Waals surface area contributed by atoms with E-state index < -0.39 is 12.3 Å². The molecule has 2 N–H and O–H groups in total. The summed E-state index contributed by atoms with van der Waals surface area (Å²) in [5, 5.41) is 23.0. The van der Waals surface area contributed by atoms with E-state index in [4.69, 9.17) is 0 Å². The molecule has 0 spiro atoms. The average Bonchev–Trinajstić information content (AvgIpc) is 3.06. The van der Waals surface area contributed by atoms with Crippen molar-refractivity contribution in [3.8, 4) is 0 Å². The number of carbonyl (C=O) groups is 2. The largest absolute Gasteiger partial charge is 0.351 e. The van der Waals surface area contributed by atoms with Gasteiger partial charge in [-0.05, 0) is 67.8 Å². The van der Waals surface area contributed by atoms with Gasteiger partial charge in [-0.3, -0.25) is 9.59 Å². The summed E-state index contributed by atoms with van der Waals surface area (Å²) in [6.45, 7) is 1.30. The highest BCUT2D eigenvalue weighted by Gasteiger charge is 2.29. The Labute approximate surface area is 276 Å². The van der Waals surface area contributed by atoms with Crippen LogP contribution in [0.15, 0.2) is 60.7 Å². The number of pyridine rings is 2. The number of nitrogens with one attached hydrogen (secondary N) is 2. The molecule has 2 aliphatic heterocycles. The number of amides is 2. The molecular formula is C34H36F2N10O2. The molecule has 6 heterocycles. The van der Waals surface area contributed by atoms with Gasteiger partial charge in [-0.15, -0.1) is 10.2 Å². The molecule has 4 aromatic heterocycles. The van der Waals surface area contributed by atoms with Crippen LogP contribution in [-0.2, 0) is 22.4 Å². The number of nitrogens with zero attached hydrogens (tertiary/aromatic N) is 8. The Balaban J connectivity index is 0.891. The SMILES string of the molecule is O=C(Cc1cccc(N2CC(F)C2)n1)Nc1ccc([C@H]2CCC[C@H](c3ccc(NC(=O)Cc4cccc(N5CC(F)C5)n4)nn3)C2)nn1. The van der Waals surface area contributed by atoms with Crippen LogP contribution in [0.5, 0.6) is 0 Å². The maximum Gasteiger partial charge on any atom is 0.231 e. The Bertz CT molecular complexity index is 1620. The number of rotatable bonds is 10. The first kappa shape index (κ1) is 31.5. The Kier molecular flexibility index (Phi) is 9.12. The van der Waals surface area contributed by atoms with Gasteiger partial charge in [0.1, 0.15) is 24.0 Å². The van der Waals surface area contributed by atoms with Gasteiger partial charge in [0.05, 0.1) is 61.8 Å². The summed E-state index contributed by atoms with van der Waals surface area (Å²) in [4.78, 5) is 38.0. The summed E-state index contributed by atoms with van der Waals surface area (Å²) in [6, 6.07) is 18.2. The van der Waals surface area contributed by atoms with Crippen LogP contribution < -0.4 is 20.4 Å². The van der Waals surface area contributed by atoms with E-state index in [9.17, 15) is 18.4 Å². The standard InChI is InChI=1S/C34H36F2N10O2/c35-23-17-45(18-23)31-8-2-6-25(37-31)15-33(47)39-29-12-10-27(41-43-29)21-4-1-5-22(14-21)28-11-13-30(44-42-28)40-34(48)16-26-7-3-9-32(38-26)46-19-24(36)20-46/h2-3,6-13,21-24H,1,4-5,14-20H2,(H,39,43,47)(H,40,44,48)/t21-,22-/m0/s1. The van der Waals surface area contributed by atoms with E-state index in [0.717, 1.165) is 37.1 Å². The summed E-state index contributed by atoms with van der Waals surface area (Å²) in [5.74, 6) is 1.95. The molecule has 2 atom stereocenters. The van der Waals surface area contributed by atoms with Crippen molar-refractivity contribution in [2.75, 3.05) is 46.6 Å². The molecule has 4 aromatic rings. The predicted molar refractivity (Wildman–Crippen MR) is 175 cm³/mol. The lowest BCUT2D eigenvalue weighted by atomic mass is 9.78. The van der Waals surface area contributed by atoms with Gasteiger partial charge in [0.25, 0.3) is 0 Å². The fourth-order valence-corrected chi connectivity index (χ4v) is 6.39. The summed E-state index contributed by atoms with van der Waals surface area (Å²) < 4.78 is 26.4. The molecule has 1 saturated carbocycles. The summed E-state index contributed by atoms with van der Waals surface area (Å²) >= 11 is 0. The topological polar surface area (TPSA) is 142 Å². The minimum Gasteiger partial charge on any atom is -0.351 e. The summed E-state index contributed by atoms with van der Waals surface area (Å²) in [6.07, 6.45) is 2.28. The zero-order valence-corrected chi connectivity index (χ0v) is 26.3. The number of hydrogen-bond acceptors (Lipinski definition) is 10. The predicted octanol–water partition coefficient (Wildman–Crippen LogP) is 4.18. The van der Waals surface area contributed by atoms with Gasteiger partial charge in [-0.2, -0.15) is 10.2 Å². The van der Waals surface area contributed by atoms with Crippen molar-refractivity contribution in [2.24, 2.45) is 0 Å². The van der Waals surface area contributed by atoms with Gasteiger partial charge in [0.15, 0.2) is 11.6 Å². The lowest BCUT2D eigenvalue weighted by molar-refractivity contribution is -0.116. The number of halogens is 2. The van der Waals surface area contributed by atoms with Crippen LogP contribution in [0.25, 0.3) is 0 Å². The van der Waals surface area contributed by atoms with Crippen LogP contribution in [0.2, 0.25) is 0 Å². The van der Waals surface area contributed by atoms with Crippen molar-refractivity contribution >= 4 is 35.1 Å². The van der Waals surface area contributed by atoms with Gasteiger partial charge in [-0.25, -0.2) is 18.7 Å². The normalized spacial score (nSPS) is 19.7. The Hall–Kier alpha value is -5.14. The molecule has 0 unspecified atom stereocenters. The van der Waals surface area contributed by atoms with Crippen LogP contribution in [0.3, 0.4) is 0 Å². The molecule has 0 radical (unpaired) electrons. The summed E-state index contributed by atoms with van der Waals surface area (Å²) in [5.41, 5.74) is 2.92. The van der Waals surface area contributed by atoms with Gasteiger partial charge in [-0.1, -0.05) is 18.6 Å². The highest BCUT2D eigenvalue weighted by atomic mass is 19.1. The lowest BCUT2D eigenvalue weighted by Crippen LogP contribution is -2.48. The van der Waals surface area contributed by atoms with E-state index in [1.807, 2.05) is 46.2 Å². The molecule has 3 aliphatic rings. The number of alkyl halides is 2. The van der Waals surface area contributed by atoms with E-state index >= 15 is 0 Å². The van der Waals surface area contributed by atoms with Gasteiger partial charge < -0.3 is 20.4 Å². The Morgan fingerprint density at radius 1 is 0.646 bits per heavy atom. The van der Waals surface area contributed by atoms with E-state index in [1.54, 1.807) is 24.3 Å². The van der Waals surface area contributed by atoms with Crippen molar-refractivity contribution in [3.05, 3.63) is 83.4 Å². The molecule has 2 saturated heterocycles. The molecule has 48 heavy (non-hydrogen) atoms. The van der Waals surface area contributed by atoms with Crippen LogP contribution >= 0.6 is 0 Å². The first-order valence-corrected chi connectivity index (χ1v) is 16.3. The van der Waals surface area contributed by atoms with Crippen LogP contribution in [0, 0.1) is 0 Å². The quantitative estimate of drug-likeness (QED) is 0.256. The molecule has 2 amide bonds. The minimum atomic E-state index is -0.828. The minimum absolute atomic E-state index is 0.0743. The molecule has 14 heteroatoms. The molecule has 3 fully saturated rings. The van der Waals surface area contributed by atoms with Crippen molar-refractivity contribution in [2.45, 2.75) is 62.7 Å². The van der Waals surface area contributed by atoms with Gasteiger partial charge in [0.2, 0.25) is 11.8 Å². The molecule has 1 aliphatic carbocycles. The van der Waals surface area contributed by atoms with E-state index in [-0.39, 0.29) is 36.5 Å². The highest BCUT2D eigenvalue weighted by molar-refractivity contribution is 5.91. The zero-order valence-electron chi connectivity index (χ0n) is 26.3.